The van der Waals surface area contributed by atoms with Crippen LogP contribution in [0.15, 0.2) is 144 Å². The SMILES string of the molecule is c1ccc(-c2c3ccccc3c(-n3c4ccccc4c4ccc5c6ccccc6oc5c43)c3ccccc23)cc1. The smallest absolute Gasteiger partial charge is 0.160 e. The Hall–Kier alpha value is -5.34. The van der Waals surface area contributed by atoms with E-state index in [0.29, 0.717) is 0 Å². The van der Waals surface area contributed by atoms with E-state index in [1.54, 1.807) is 0 Å². The third-order valence-corrected chi connectivity index (χ3v) is 8.37. The van der Waals surface area contributed by atoms with Crippen LogP contribution in [0.25, 0.3) is 82.1 Å². The molecular weight excluding hydrogens is 486 g/mol. The minimum absolute atomic E-state index is 0.913. The summed E-state index contributed by atoms with van der Waals surface area (Å²) in [5.74, 6) is 0. The molecule has 0 fully saturated rings. The number of nitrogens with zero attached hydrogens (tertiary/aromatic N) is 1. The Morgan fingerprint density at radius 1 is 0.400 bits per heavy atom. The lowest BCUT2D eigenvalue weighted by molar-refractivity contribution is 0.671. The fourth-order valence-corrected chi connectivity index (χ4v) is 6.73. The van der Waals surface area contributed by atoms with E-state index in [0.717, 1.165) is 27.5 Å². The normalized spacial score (nSPS) is 12.0. The van der Waals surface area contributed by atoms with Crippen LogP contribution in [0.5, 0.6) is 0 Å². The molecule has 2 heteroatoms. The first-order valence-electron chi connectivity index (χ1n) is 13.7. The summed E-state index contributed by atoms with van der Waals surface area (Å²) >= 11 is 0. The Morgan fingerprint density at radius 3 is 1.68 bits per heavy atom. The van der Waals surface area contributed by atoms with Gasteiger partial charge in [-0.2, -0.15) is 0 Å². The zero-order valence-corrected chi connectivity index (χ0v) is 21.6. The van der Waals surface area contributed by atoms with Crippen molar-refractivity contribution in [1.82, 2.24) is 4.57 Å². The number of furan rings is 1. The highest BCUT2D eigenvalue weighted by Gasteiger charge is 2.23. The van der Waals surface area contributed by atoms with Gasteiger partial charge in [0, 0.05) is 32.3 Å². The molecule has 0 radical (unpaired) electrons. The summed E-state index contributed by atoms with van der Waals surface area (Å²) in [5, 5.41) is 9.62. The number of hydrogen-bond acceptors (Lipinski definition) is 1. The fourth-order valence-electron chi connectivity index (χ4n) is 6.73. The topological polar surface area (TPSA) is 18.1 Å². The van der Waals surface area contributed by atoms with Gasteiger partial charge < -0.3 is 8.98 Å². The summed E-state index contributed by atoms with van der Waals surface area (Å²) in [6, 6.07) is 50.0. The van der Waals surface area contributed by atoms with Crippen molar-refractivity contribution >= 4 is 65.3 Å². The molecular formula is C38H23NO. The van der Waals surface area contributed by atoms with Crippen LogP contribution in [0.4, 0.5) is 0 Å². The molecule has 0 saturated carbocycles. The number of rotatable bonds is 2. The van der Waals surface area contributed by atoms with Gasteiger partial charge in [0.25, 0.3) is 0 Å². The van der Waals surface area contributed by atoms with Gasteiger partial charge in [-0.3, -0.25) is 0 Å². The summed E-state index contributed by atoms with van der Waals surface area (Å²) in [5.41, 5.74) is 7.80. The summed E-state index contributed by atoms with van der Waals surface area (Å²) in [6.07, 6.45) is 0. The van der Waals surface area contributed by atoms with Crippen LogP contribution in [0.3, 0.4) is 0 Å². The molecule has 7 aromatic carbocycles. The minimum atomic E-state index is 0.913. The van der Waals surface area contributed by atoms with Gasteiger partial charge in [-0.15, -0.1) is 0 Å². The Balaban J connectivity index is 1.56. The Bertz CT molecular complexity index is 2370. The van der Waals surface area contributed by atoms with E-state index < -0.39 is 0 Å². The average Bonchev–Trinajstić information content (AvgIpc) is 3.56. The van der Waals surface area contributed by atoms with Crippen molar-refractivity contribution in [2.45, 2.75) is 0 Å². The molecule has 186 valence electrons. The highest BCUT2D eigenvalue weighted by Crippen LogP contribution is 2.45. The van der Waals surface area contributed by atoms with Crippen LogP contribution < -0.4 is 0 Å². The van der Waals surface area contributed by atoms with Crippen molar-refractivity contribution in [3.05, 3.63) is 140 Å². The summed E-state index contributed by atoms with van der Waals surface area (Å²) in [4.78, 5) is 0. The summed E-state index contributed by atoms with van der Waals surface area (Å²) in [7, 11) is 0. The quantitative estimate of drug-likeness (QED) is 0.212. The van der Waals surface area contributed by atoms with Crippen molar-refractivity contribution in [1.29, 1.82) is 0 Å². The molecule has 0 spiro atoms. The first kappa shape index (κ1) is 21.6. The van der Waals surface area contributed by atoms with Crippen LogP contribution in [0, 0.1) is 0 Å². The first-order chi connectivity index (χ1) is 19.9. The van der Waals surface area contributed by atoms with E-state index in [9.17, 15) is 0 Å². The lowest BCUT2D eigenvalue weighted by atomic mass is 9.90. The molecule has 0 aliphatic carbocycles. The molecule has 2 aromatic heterocycles. The second-order valence-corrected chi connectivity index (χ2v) is 10.5. The molecule has 0 unspecified atom stereocenters. The van der Waals surface area contributed by atoms with Crippen molar-refractivity contribution < 1.29 is 4.42 Å². The monoisotopic (exact) mass is 509 g/mol. The molecule has 0 N–H and O–H groups in total. The van der Waals surface area contributed by atoms with E-state index in [4.69, 9.17) is 4.42 Å². The maximum Gasteiger partial charge on any atom is 0.160 e. The van der Waals surface area contributed by atoms with Crippen LogP contribution in [0.1, 0.15) is 0 Å². The maximum absolute atomic E-state index is 6.65. The number of benzene rings is 7. The molecule has 2 heterocycles. The molecule has 0 amide bonds. The Morgan fingerprint density at radius 2 is 0.950 bits per heavy atom. The Kier molecular flexibility index (Phi) is 4.36. The number of fused-ring (bicyclic) bond motifs is 9. The van der Waals surface area contributed by atoms with E-state index in [1.165, 1.54) is 54.6 Å². The van der Waals surface area contributed by atoms with E-state index in [1.807, 2.05) is 6.07 Å². The second-order valence-electron chi connectivity index (χ2n) is 10.5. The average molecular weight is 510 g/mol. The van der Waals surface area contributed by atoms with Crippen LogP contribution in [-0.2, 0) is 0 Å². The standard InChI is InChI=1S/C38H23NO/c1-2-12-24(13-3-1)35-27-16-4-6-18-29(27)36(30-19-7-5-17-28(30)35)39-33-20-10-8-14-25(33)31-22-23-32-26-15-9-11-21-34(26)40-38(32)37(31)39/h1-23H. The molecule has 0 aliphatic heterocycles. The van der Waals surface area contributed by atoms with E-state index >= 15 is 0 Å². The molecule has 0 atom stereocenters. The fraction of sp³-hybridized carbons (Fsp3) is 0. The largest absolute Gasteiger partial charge is 0.454 e. The molecule has 0 saturated heterocycles. The zero-order chi connectivity index (χ0) is 26.2. The zero-order valence-electron chi connectivity index (χ0n) is 21.6. The van der Waals surface area contributed by atoms with Crippen LogP contribution >= 0.6 is 0 Å². The molecule has 9 rings (SSSR count). The van der Waals surface area contributed by atoms with Gasteiger partial charge in [0.05, 0.1) is 16.7 Å². The lowest BCUT2D eigenvalue weighted by Crippen LogP contribution is -1.99. The highest BCUT2D eigenvalue weighted by atomic mass is 16.3. The van der Waals surface area contributed by atoms with Gasteiger partial charge in [0.1, 0.15) is 5.58 Å². The number of aromatic nitrogens is 1. The summed E-state index contributed by atoms with van der Waals surface area (Å²) in [6.45, 7) is 0. The number of para-hydroxylation sites is 2. The number of hydrogen-bond donors (Lipinski definition) is 0. The van der Waals surface area contributed by atoms with Gasteiger partial charge >= 0.3 is 0 Å². The van der Waals surface area contributed by atoms with Gasteiger partial charge in [-0.05, 0) is 40.1 Å². The van der Waals surface area contributed by atoms with Crippen molar-refractivity contribution in [2.24, 2.45) is 0 Å². The predicted molar refractivity (Wildman–Crippen MR) is 169 cm³/mol. The molecule has 0 aliphatic rings. The maximum atomic E-state index is 6.65. The first-order valence-corrected chi connectivity index (χ1v) is 13.7. The third kappa shape index (κ3) is 2.82. The van der Waals surface area contributed by atoms with Gasteiger partial charge in [-0.1, -0.05) is 121 Å². The highest BCUT2D eigenvalue weighted by molar-refractivity contribution is 6.25. The third-order valence-electron chi connectivity index (χ3n) is 8.37. The molecule has 40 heavy (non-hydrogen) atoms. The Labute approximate surface area is 230 Å². The molecule has 0 bridgehead atoms. The van der Waals surface area contributed by atoms with Gasteiger partial charge in [-0.25, -0.2) is 0 Å². The summed E-state index contributed by atoms with van der Waals surface area (Å²) < 4.78 is 9.11. The second kappa shape index (κ2) is 8.08. The molecule has 2 nitrogen and oxygen atoms in total. The lowest BCUT2D eigenvalue weighted by Gasteiger charge is -2.19. The minimum Gasteiger partial charge on any atom is -0.454 e. The van der Waals surface area contributed by atoms with Crippen molar-refractivity contribution in [2.75, 3.05) is 0 Å². The van der Waals surface area contributed by atoms with Crippen molar-refractivity contribution in [3.8, 4) is 16.8 Å². The van der Waals surface area contributed by atoms with Gasteiger partial charge in [0.15, 0.2) is 5.58 Å². The van der Waals surface area contributed by atoms with E-state index in [-0.39, 0.29) is 0 Å². The molecule has 9 aromatic rings. The van der Waals surface area contributed by atoms with E-state index in [2.05, 4.69) is 138 Å². The van der Waals surface area contributed by atoms with Gasteiger partial charge in [0.2, 0.25) is 0 Å². The van der Waals surface area contributed by atoms with Crippen LogP contribution in [-0.4, -0.2) is 4.57 Å². The van der Waals surface area contributed by atoms with Crippen molar-refractivity contribution in [3.63, 3.8) is 0 Å². The predicted octanol–water partition coefficient (Wildman–Crippen LogP) is 10.7. The van der Waals surface area contributed by atoms with Crippen LogP contribution in [0.2, 0.25) is 0 Å².